The van der Waals surface area contributed by atoms with Gasteiger partial charge in [0.1, 0.15) is 11.6 Å². The Bertz CT molecular complexity index is 558. The minimum absolute atomic E-state index is 0.0981. The number of ether oxygens (including phenoxy) is 1. The van der Waals surface area contributed by atoms with E-state index in [0.717, 1.165) is 44.7 Å². The highest BCUT2D eigenvalue weighted by atomic mass is 19.1. The zero-order valence-electron chi connectivity index (χ0n) is 15.6. The number of hydrogen-bond acceptors (Lipinski definition) is 4. The second-order valence-corrected chi connectivity index (χ2v) is 7.04. The van der Waals surface area contributed by atoms with Crippen LogP contribution in [-0.4, -0.2) is 62.1 Å². The van der Waals surface area contributed by atoms with E-state index >= 15 is 0 Å². The molecule has 2 rings (SSSR count). The number of benzene rings is 1. The number of carbonyl (C=O) groups is 1. The average molecular weight is 351 g/mol. The van der Waals surface area contributed by atoms with Crippen molar-refractivity contribution in [3.63, 3.8) is 0 Å². The van der Waals surface area contributed by atoms with Crippen LogP contribution in [0.2, 0.25) is 0 Å². The summed E-state index contributed by atoms with van der Waals surface area (Å²) >= 11 is 0. The van der Waals surface area contributed by atoms with Gasteiger partial charge in [-0.1, -0.05) is 13.8 Å². The summed E-state index contributed by atoms with van der Waals surface area (Å²) in [5, 5.41) is 2.98. The number of halogens is 1. The predicted octanol–water partition coefficient (Wildman–Crippen LogP) is 2.11. The van der Waals surface area contributed by atoms with Crippen LogP contribution in [0.1, 0.15) is 25.8 Å². The molecular formula is C19H30FN3O2. The van der Waals surface area contributed by atoms with Crippen molar-refractivity contribution in [1.82, 2.24) is 15.1 Å². The van der Waals surface area contributed by atoms with E-state index < -0.39 is 0 Å². The van der Waals surface area contributed by atoms with E-state index in [4.69, 9.17) is 4.74 Å². The summed E-state index contributed by atoms with van der Waals surface area (Å²) in [6, 6.07) is 4.62. The lowest BCUT2D eigenvalue weighted by Gasteiger charge is -2.34. The fourth-order valence-electron chi connectivity index (χ4n) is 2.98. The molecule has 0 unspecified atom stereocenters. The van der Waals surface area contributed by atoms with Crippen LogP contribution in [-0.2, 0) is 11.3 Å². The van der Waals surface area contributed by atoms with Crippen LogP contribution in [0.25, 0.3) is 0 Å². The van der Waals surface area contributed by atoms with Gasteiger partial charge in [-0.3, -0.25) is 14.6 Å². The monoisotopic (exact) mass is 351 g/mol. The van der Waals surface area contributed by atoms with Gasteiger partial charge in [0.15, 0.2) is 0 Å². The summed E-state index contributed by atoms with van der Waals surface area (Å²) in [4.78, 5) is 16.4. The molecule has 1 aliphatic heterocycles. The normalized spacial score (nSPS) is 16.2. The third-order valence-electron chi connectivity index (χ3n) is 4.51. The van der Waals surface area contributed by atoms with Gasteiger partial charge in [-0.25, -0.2) is 4.39 Å². The maximum Gasteiger partial charge on any atom is 0.234 e. The molecule has 5 nitrogen and oxygen atoms in total. The fourth-order valence-corrected chi connectivity index (χ4v) is 2.98. The quantitative estimate of drug-likeness (QED) is 0.779. The van der Waals surface area contributed by atoms with Crippen molar-refractivity contribution in [1.29, 1.82) is 0 Å². The van der Waals surface area contributed by atoms with Crippen LogP contribution in [0.5, 0.6) is 5.75 Å². The van der Waals surface area contributed by atoms with E-state index in [9.17, 15) is 9.18 Å². The van der Waals surface area contributed by atoms with Crippen LogP contribution < -0.4 is 10.1 Å². The SMILES string of the molecule is COc1ccc(F)cc1CN1CCN(CC(=O)NCCC(C)C)CC1. The van der Waals surface area contributed by atoms with Crippen molar-refractivity contribution in [3.05, 3.63) is 29.6 Å². The standard InChI is InChI=1S/C19H30FN3O2/c1-15(2)6-7-21-19(24)14-23-10-8-22(9-11-23)13-16-12-17(20)4-5-18(16)25-3/h4-5,12,15H,6-11,13-14H2,1-3H3,(H,21,24). The molecule has 1 saturated heterocycles. The molecule has 1 amide bonds. The van der Waals surface area contributed by atoms with Gasteiger partial charge in [0.2, 0.25) is 5.91 Å². The average Bonchev–Trinajstić information content (AvgIpc) is 2.56. The van der Waals surface area contributed by atoms with E-state index in [2.05, 4.69) is 29.0 Å². The Morgan fingerprint density at radius 3 is 2.56 bits per heavy atom. The minimum Gasteiger partial charge on any atom is -0.496 e. The van der Waals surface area contributed by atoms with Crippen molar-refractivity contribution in [2.75, 3.05) is 46.4 Å². The number of hydrogen-bond donors (Lipinski definition) is 1. The first kappa shape index (κ1) is 19.7. The molecule has 0 bridgehead atoms. The lowest BCUT2D eigenvalue weighted by molar-refractivity contribution is -0.122. The third kappa shape index (κ3) is 6.63. The third-order valence-corrected chi connectivity index (χ3v) is 4.51. The zero-order valence-corrected chi connectivity index (χ0v) is 15.6. The van der Waals surface area contributed by atoms with Crippen LogP contribution in [0.15, 0.2) is 18.2 Å². The maximum atomic E-state index is 13.5. The summed E-state index contributed by atoms with van der Waals surface area (Å²) in [5.41, 5.74) is 0.863. The summed E-state index contributed by atoms with van der Waals surface area (Å²) in [5.74, 6) is 1.17. The molecule has 0 spiro atoms. The van der Waals surface area contributed by atoms with Gasteiger partial charge < -0.3 is 10.1 Å². The molecule has 1 N–H and O–H groups in total. The number of nitrogens with one attached hydrogen (secondary N) is 1. The van der Waals surface area contributed by atoms with Crippen molar-refractivity contribution >= 4 is 5.91 Å². The predicted molar refractivity (Wildman–Crippen MR) is 97.1 cm³/mol. The fraction of sp³-hybridized carbons (Fsp3) is 0.632. The first-order chi connectivity index (χ1) is 12.0. The Hall–Kier alpha value is -1.66. The molecule has 1 aromatic carbocycles. The highest BCUT2D eigenvalue weighted by molar-refractivity contribution is 5.77. The largest absolute Gasteiger partial charge is 0.496 e. The van der Waals surface area contributed by atoms with Crippen LogP contribution in [0.4, 0.5) is 4.39 Å². The highest BCUT2D eigenvalue weighted by Gasteiger charge is 2.20. The molecule has 6 heteroatoms. The van der Waals surface area contributed by atoms with E-state index in [1.807, 2.05) is 0 Å². The second-order valence-electron chi connectivity index (χ2n) is 7.04. The van der Waals surface area contributed by atoms with E-state index in [-0.39, 0.29) is 11.7 Å². The first-order valence-electron chi connectivity index (χ1n) is 9.01. The Morgan fingerprint density at radius 2 is 1.92 bits per heavy atom. The molecule has 1 fully saturated rings. The van der Waals surface area contributed by atoms with Gasteiger partial charge in [-0.05, 0) is 30.5 Å². The molecule has 0 atom stereocenters. The van der Waals surface area contributed by atoms with Gasteiger partial charge in [-0.15, -0.1) is 0 Å². The van der Waals surface area contributed by atoms with Crippen LogP contribution >= 0.6 is 0 Å². The van der Waals surface area contributed by atoms with Crippen LogP contribution in [0, 0.1) is 11.7 Å². The lowest BCUT2D eigenvalue weighted by Crippen LogP contribution is -2.49. The molecule has 1 aliphatic rings. The minimum atomic E-state index is -0.243. The summed E-state index contributed by atoms with van der Waals surface area (Å²) in [6.07, 6.45) is 1.01. The molecule has 0 radical (unpaired) electrons. The molecule has 0 aromatic heterocycles. The van der Waals surface area contributed by atoms with E-state index in [1.54, 1.807) is 13.2 Å². The molecule has 1 heterocycles. The number of piperazine rings is 1. The van der Waals surface area contributed by atoms with Gasteiger partial charge in [0, 0.05) is 44.8 Å². The van der Waals surface area contributed by atoms with Gasteiger partial charge in [0.05, 0.1) is 13.7 Å². The van der Waals surface area contributed by atoms with Gasteiger partial charge >= 0.3 is 0 Å². The number of nitrogens with zero attached hydrogens (tertiary/aromatic N) is 2. The summed E-state index contributed by atoms with van der Waals surface area (Å²) < 4.78 is 18.8. The summed E-state index contributed by atoms with van der Waals surface area (Å²) in [6.45, 7) is 9.57. The zero-order chi connectivity index (χ0) is 18.2. The van der Waals surface area contributed by atoms with Crippen LogP contribution in [0.3, 0.4) is 0 Å². The number of carbonyl (C=O) groups excluding carboxylic acids is 1. The Morgan fingerprint density at radius 1 is 1.24 bits per heavy atom. The second kappa shape index (κ2) is 9.73. The highest BCUT2D eigenvalue weighted by Crippen LogP contribution is 2.21. The number of methoxy groups -OCH3 is 1. The van der Waals surface area contributed by atoms with Gasteiger partial charge in [0.25, 0.3) is 0 Å². The van der Waals surface area contributed by atoms with Crippen molar-refractivity contribution < 1.29 is 13.9 Å². The smallest absolute Gasteiger partial charge is 0.234 e. The number of amides is 1. The van der Waals surface area contributed by atoms with Crippen molar-refractivity contribution in [2.45, 2.75) is 26.8 Å². The summed E-state index contributed by atoms with van der Waals surface area (Å²) in [7, 11) is 1.60. The molecule has 1 aromatic rings. The Labute approximate surface area is 150 Å². The Balaban J connectivity index is 1.74. The maximum absolute atomic E-state index is 13.5. The van der Waals surface area contributed by atoms with E-state index in [1.165, 1.54) is 12.1 Å². The molecule has 0 aliphatic carbocycles. The van der Waals surface area contributed by atoms with E-state index in [0.29, 0.717) is 24.8 Å². The molecule has 140 valence electrons. The molecule has 25 heavy (non-hydrogen) atoms. The van der Waals surface area contributed by atoms with Gasteiger partial charge in [-0.2, -0.15) is 0 Å². The molecule has 0 saturated carbocycles. The van der Waals surface area contributed by atoms with Crippen molar-refractivity contribution in [3.8, 4) is 5.75 Å². The first-order valence-corrected chi connectivity index (χ1v) is 9.01. The van der Waals surface area contributed by atoms with Crippen molar-refractivity contribution in [2.24, 2.45) is 5.92 Å². The Kier molecular flexibility index (Phi) is 7.65. The topological polar surface area (TPSA) is 44.8 Å². The lowest BCUT2D eigenvalue weighted by atomic mass is 10.1. The molecular weight excluding hydrogens is 321 g/mol. The number of rotatable bonds is 8.